The Morgan fingerprint density at radius 1 is 1.27 bits per heavy atom. The minimum Gasteiger partial charge on any atom is -0.374 e. The van der Waals surface area contributed by atoms with Crippen LogP contribution in [0.15, 0.2) is 30.6 Å². The molecule has 2 aromatic heterocycles. The van der Waals surface area contributed by atoms with Crippen molar-refractivity contribution in [2.24, 2.45) is 0 Å². The number of hydrogen-bond acceptors (Lipinski definition) is 4. The van der Waals surface area contributed by atoms with Gasteiger partial charge in [-0.25, -0.2) is 0 Å². The number of ether oxygens (including phenoxy) is 1. The lowest BCUT2D eigenvalue weighted by Gasteiger charge is -2.33. The van der Waals surface area contributed by atoms with Gasteiger partial charge in [0.15, 0.2) is 0 Å². The molecular weight excluding hydrogens is 276 g/mol. The van der Waals surface area contributed by atoms with Gasteiger partial charge in [0.2, 0.25) is 0 Å². The molecule has 0 spiro atoms. The van der Waals surface area contributed by atoms with Gasteiger partial charge < -0.3 is 4.74 Å². The van der Waals surface area contributed by atoms with E-state index >= 15 is 0 Å². The number of morpholine rings is 1. The van der Waals surface area contributed by atoms with Gasteiger partial charge in [-0.3, -0.25) is 14.6 Å². The molecule has 1 atom stereocenters. The Hall–Kier alpha value is -1.72. The maximum absolute atomic E-state index is 5.92. The smallest absolute Gasteiger partial charge is 0.0898 e. The number of aromatic nitrogens is 3. The molecule has 1 aliphatic rings. The maximum atomic E-state index is 5.92. The lowest BCUT2D eigenvalue weighted by Crippen LogP contribution is -2.45. The van der Waals surface area contributed by atoms with Crippen LogP contribution in [0.5, 0.6) is 0 Å². The summed E-state index contributed by atoms with van der Waals surface area (Å²) in [7, 11) is 0. The summed E-state index contributed by atoms with van der Waals surface area (Å²) in [5.74, 6) is 0. The summed E-state index contributed by atoms with van der Waals surface area (Å²) in [6.45, 7) is 8.84. The first kappa shape index (κ1) is 15.2. The summed E-state index contributed by atoms with van der Waals surface area (Å²) in [5, 5.41) is 4.53. The fraction of sp³-hybridized carbons (Fsp3) is 0.529. The van der Waals surface area contributed by atoms with E-state index in [2.05, 4.69) is 44.8 Å². The lowest BCUT2D eigenvalue weighted by molar-refractivity contribution is -0.0373. The predicted octanol–water partition coefficient (Wildman–Crippen LogP) is 1.84. The van der Waals surface area contributed by atoms with E-state index in [-0.39, 0.29) is 6.10 Å². The summed E-state index contributed by atoms with van der Waals surface area (Å²) in [4.78, 5) is 6.55. The van der Waals surface area contributed by atoms with E-state index in [1.807, 2.05) is 19.3 Å². The number of aryl methyl sites for hydroxylation is 2. The van der Waals surface area contributed by atoms with Crippen molar-refractivity contribution in [3.8, 4) is 0 Å². The molecule has 1 fully saturated rings. The van der Waals surface area contributed by atoms with E-state index in [4.69, 9.17) is 4.74 Å². The zero-order chi connectivity index (χ0) is 15.4. The molecule has 0 bridgehead atoms. The van der Waals surface area contributed by atoms with Gasteiger partial charge >= 0.3 is 0 Å². The van der Waals surface area contributed by atoms with Crippen molar-refractivity contribution in [3.05, 3.63) is 47.5 Å². The van der Waals surface area contributed by atoms with Crippen LogP contribution in [-0.4, -0.2) is 52.0 Å². The highest BCUT2D eigenvalue weighted by Crippen LogP contribution is 2.11. The van der Waals surface area contributed by atoms with Gasteiger partial charge in [0.05, 0.1) is 24.9 Å². The highest BCUT2D eigenvalue weighted by Gasteiger charge is 2.21. The summed E-state index contributed by atoms with van der Waals surface area (Å²) in [6, 6.07) is 6.30. The molecule has 0 saturated carbocycles. The predicted molar refractivity (Wildman–Crippen MR) is 85.8 cm³/mol. The van der Waals surface area contributed by atoms with E-state index in [1.165, 1.54) is 11.3 Å². The number of hydrogen-bond donors (Lipinski definition) is 0. The molecule has 3 rings (SSSR count). The Morgan fingerprint density at radius 3 is 2.82 bits per heavy atom. The molecule has 0 radical (unpaired) electrons. The van der Waals surface area contributed by atoms with Crippen molar-refractivity contribution < 1.29 is 4.74 Å². The second-order valence-corrected chi connectivity index (χ2v) is 6.01. The highest BCUT2D eigenvalue weighted by atomic mass is 16.5. The summed E-state index contributed by atoms with van der Waals surface area (Å²) in [5.41, 5.74) is 3.62. The zero-order valence-electron chi connectivity index (χ0n) is 13.4. The molecule has 1 aliphatic heterocycles. The fourth-order valence-electron chi connectivity index (χ4n) is 2.98. The molecule has 5 heteroatoms. The average molecular weight is 300 g/mol. The first-order valence-corrected chi connectivity index (χ1v) is 7.94. The van der Waals surface area contributed by atoms with Crippen molar-refractivity contribution in [2.75, 3.05) is 26.2 Å². The van der Waals surface area contributed by atoms with E-state index in [0.717, 1.165) is 44.9 Å². The monoisotopic (exact) mass is 300 g/mol. The Kier molecular flexibility index (Phi) is 4.85. The van der Waals surface area contributed by atoms with Crippen LogP contribution in [-0.2, 0) is 17.7 Å². The van der Waals surface area contributed by atoms with Gasteiger partial charge in [-0.05, 0) is 44.0 Å². The normalized spacial score (nSPS) is 19.5. The third kappa shape index (κ3) is 3.93. The lowest BCUT2D eigenvalue weighted by atomic mass is 10.2. The molecule has 1 saturated heterocycles. The van der Waals surface area contributed by atoms with Gasteiger partial charge in [-0.15, -0.1) is 0 Å². The molecule has 22 heavy (non-hydrogen) atoms. The van der Waals surface area contributed by atoms with E-state index in [1.54, 1.807) is 0 Å². The van der Waals surface area contributed by atoms with Gasteiger partial charge in [0.1, 0.15) is 0 Å². The van der Waals surface area contributed by atoms with Crippen LogP contribution in [0.3, 0.4) is 0 Å². The Bertz CT molecular complexity index is 596. The Labute approximate surface area is 131 Å². The van der Waals surface area contributed by atoms with Crippen LogP contribution in [0.25, 0.3) is 0 Å². The van der Waals surface area contributed by atoms with E-state index in [9.17, 15) is 0 Å². The molecule has 0 amide bonds. The molecule has 0 unspecified atom stereocenters. The third-order valence-electron chi connectivity index (χ3n) is 4.17. The molecule has 0 N–H and O–H groups in total. The van der Waals surface area contributed by atoms with E-state index < -0.39 is 0 Å². The largest absolute Gasteiger partial charge is 0.374 e. The number of rotatable bonds is 5. The minimum atomic E-state index is 0.226. The van der Waals surface area contributed by atoms with Crippen LogP contribution in [0.2, 0.25) is 0 Å². The van der Waals surface area contributed by atoms with E-state index in [0.29, 0.717) is 0 Å². The summed E-state index contributed by atoms with van der Waals surface area (Å²) < 4.78 is 7.98. The van der Waals surface area contributed by atoms with Gasteiger partial charge in [0.25, 0.3) is 0 Å². The summed E-state index contributed by atoms with van der Waals surface area (Å²) >= 11 is 0. The van der Waals surface area contributed by atoms with Gasteiger partial charge in [0, 0.05) is 37.7 Å². The fourth-order valence-corrected chi connectivity index (χ4v) is 2.98. The van der Waals surface area contributed by atoms with Crippen LogP contribution in [0, 0.1) is 13.8 Å². The third-order valence-corrected chi connectivity index (χ3v) is 4.17. The maximum Gasteiger partial charge on any atom is 0.0898 e. The number of nitrogens with zero attached hydrogens (tertiary/aromatic N) is 4. The Morgan fingerprint density at radius 2 is 2.09 bits per heavy atom. The van der Waals surface area contributed by atoms with Crippen molar-refractivity contribution in [1.82, 2.24) is 19.7 Å². The topological polar surface area (TPSA) is 43.2 Å². The quantitative estimate of drug-likeness (QED) is 0.845. The van der Waals surface area contributed by atoms with Gasteiger partial charge in [-0.1, -0.05) is 0 Å². The van der Waals surface area contributed by atoms with Crippen molar-refractivity contribution in [1.29, 1.82) is 0 Å². The molecule has 2 aromatic rings. The van der Waals surface area contributed by atoms with Crippen LogP contribution in [0.1, 0.15) is 17.0 Å². The van der Waals surface area contributed by atoms with Gasteiger partial charge in [-0.2, -0.15) is 5.10 Å². The molecule has 0 aliphatic carbocycles. The molecule has 3 heterocycles. The Balaban J connectivity index is 1.52. The van der Waals surface area contributed by atoms with Crippen LogP contribution < -0.4 is 0 Å². The number of pyridine rings is 1. The van der Waals surface area contributed by atoms with Crippen molar-refractivity contribution in [2.45, 2.75) is 32.9 Å². The zero-order valence-corrected chi connectivity index (χ0v) is 13.4. The van der Waals surface area contributed by atoms with Crippen molar-refractivity contribution >= 4 is 0 Å². The molecule has 0 aromatic carbocycles. The van der Waals surface area contributed by atoms with Crippen LogP contribution in [0.4, 0.5) is 0 Å². The first-order chi connectivity index (χ1) is 10.7. The molecule has 5 nitrogen and oxygen atoms in total. The standard InChI is InChI=1S/C17H24N4O/c1-14-11-15(2)21(19-14)13-17-12-20(9-10-22-17)8-5-16-3-6-18-7-4-16/h3-4,6-7,11,17H,5,8-10,12-13H2,1-2H3/t17-/m1/s1. The minimum absolute atomic E-state index is 0.226. The second-order valence-electron chi connectivity index (χ2n) is 6.01. The highest BCUT2D eigenvalue weighted by molar-refractivity contribution is 5.10. The molecular formula is C17H24N4O. The van der Waals surface area contributed by atoms with Crippen LogP contribution >= 0.6 is 0 Å². The SMILES string of the molecule is Cc1cc(C)n(C[C@H]2CN(CCc3ccncc3)CCO2)n1. The summed E-state index contributed by atoms with van der Waals surface area (Å²) in [6.07, 6.45) is 5.01. The molecule has 118 valence electrons. The van der Waals surface area contributed by atoms with Crippen molar-refractivity contribution in [3.63, 3.8) is 0 Å². The average Bonchev–Trinajstić information content (AvgIpc) is 2.84. The second kappa shape index (κ2) is 7.03. The first-order valence-electron chi connectivity index (χ1n) is 7.94.